The van der Waals surface area contributed by atoms with Crippen molar-refractivity contribution in [2.75, 3.05) is 7.11 Å². The van der Waals surface area contributed by atoms with Gasteiger partial charge < -0.3 is 14.6 Å². The van der Waals surface area contributed by atoms with Gasteiger partial charge in [0.2, 0.25) is 0 Å². The molecule has 1 aromatic rings. The maximum absolute atomic E-state index is 12.1. The third kappa shape index (κ3) is 3.92. The van der Waals surface area contributed by atoms with E-state index in [-0.39, 0.29) is 23.9 Å². The quantitative estimate of drug-likeness (QED) is 0.443. The summed E-state index contributed by atoms with van der Waals surface area (Å²) in [5.74, 6) is 1.72. The van der Waals surface area contributed by atoms with E-state index in [4.69, 9.17) is 4.74 Å². The van der Waals surface area contributed by atoms with Crippen molar-refractivity contribution in [3.05, 3.63) is 41.5 Å². The number of aliphatic hydroxyl groups is 1. The van der Waals surface area contributed by atoms with Gasteiger partial charge in [0, 0.05) is 12.5 Å². The second kappa shape index (κ2) is 8.54. The van der Waals surface area contributed by atoms with Crippen LogP contribution in [0.15, 0.2) is 30.4 Å². The Labute approximate surface area is 178 Å². The Bertz CT molecular complexity index is 844. The largest absolute Gasteiger partial charge is 0.466 e. The number of hydrogen-bond acceptors (Lipinski definition) is 5. The van der Waals surface area contributed by atoms with Gasteiger partial charge in [0.05, 0.1) is 13.2 Å². The van der Waals surface area contributed by atoms with Gasteiger partial charge in [-0.05, 0) is 91.4 Å². The fourth-order valence-corrected chi connectivity index (χ4v) is 6.23. The monoisotopic (exact) mass is 412 g/mol. The van der Waals surface area contributed by atoms with Crippen molar-refractivity contribution in [2.24, 2.45) is 17.3 Å². The van der Waals surface area contributed by atoms with Crippen molar-refractivity contribution in [2.45, 2.75) is 70.3 Å². The summed E-state index contributed by atoms with van der Waals surface area (Å²) in [6, 6.07) is 6.10. The molecule has 0 radical (unpaired) electrons. The summed E-state index contributed by atoms with van der Waals surface area (Å²) >= 11 is 0. The molecule has 162 valence electrons. The zero-order valence-corrected chi connectivity index (χ0v) is 17.9. The van der Waals surface area contributed by atoms with Crippen LogP contribution in [-0.4, -0.2) is 30.3 Å². The molecule has 30 heavy (non-hydrogen) atoms. The Morgan fingerprint density at radius 3 is 2.87 bits per heavy atom. The van der Waals surface area contributed by atoms with Crippen LogP contribution in [0.4, 0.5) is 0 Å². The molecule has 2 fully saturated rings. The smallest absolute Gasteiger partial charge is 0.330 e. The zero-order valence-electron chi connectivity index (χ0n) is 17.9. The Morgan fingerprint density at radius 2 is 2.07 bits per heavy atom. The molecule has 3 unspecified atom stereocenters. The van der Waals surface area contributed by atoms with E-state index in [1.165, 1.54) is 24.3 Å². The fourth-order valence-electron chi connectivity index (χ4n) is 6.23. The minimum atomic E-state index is -0.425. The number of carbonyl (C=O) groups excluding carboxylic acids is 2. The first-order valence-corrected chi connectivity index (χ1v) is 11.2. The molecule has 4 rings (SSSR count). The summed E-state index contributed by atoms with van der Waals surface area (Å²) in [5.41, 5.74) is 2.81. The molecule has 5 heteroatoms. The summed E-state index contributed by atoms with van der Waals surface area (Å²) in [7, 11) is 1.32. The lowest BCUT2D eigenvalue weighted by Gasteiger charge is -2.50. The number of aryl methyl sites for hydroxylation is 1. The lowest BCUT2D eigenvalue weighted by molar-refractivity contribution is -0.135. The molecule has 1 aromatic carbocycles. The number of benzene rings is 1. The molecule has 0 saturated heterocycles. The molecule has 0 aliphatic heterocycles. The summed E-state index contributed by atoms with van der Waals surface area (Å²) in [5, 5.41) is 10.5. The Kier molecular flexibility index (Phi) is 6.01. The SMILES string of the molecule is COC(=O)/C=C/CCC(=O)Oc1ccc2c(c1)CC[C@@H]1C2CC[C@]2(C)C(O)CCC12. The second-order valence-corrected chi connectivity index (χ2v) is 9.35. The van der Waals surface area contributed by atoms with E-state index in [0.29, 0.717) is 29.9 Å². The van der Waals surface area contributed by atoms with Crippen LogP contribution < -0.4 is 4.74 Å². The molecule has 0 spiro atoms. The lowest BCUT2D eigenvalue weighted by Crippen LogP contribution is -2.43. The minimum Gasteiger partial charge on any atom is -0.466 e. The van der Waals surface area contributed by atoms with Gasteiger partial charge in [-0.25, -0.2) is 4.79 Å². The van der Waals surface area contributed by atoms with Crippen molar-refractivity contribution < 1.29 is 24.2 Å². The van der Waals surface area contributed by atoms with Crippen LogP contribution in [-0.2, 0) is 20.7 Å². The van der Waals surface area contributed by atoms with Crippen LogP contribution in [0.1, 0.15) is 68.9 Å². The molecule has 2 saturated carbocycles. The van der Waals surface area contributed by atoms with E-state index in [1.54, 1.807) is 6.08 Å². The van der Waals surface area contributed by atoms with Crippen LogP contribution in [0.25, 0.3) is 0 Å². The average Bonchev–Trinajstić information content (AvgIpc) is 3.05. The Balaban J connectivity index is 1.39. The van der Waals surface area contributed by atoms with E-state index in [9.17, 15) is 14.7 Å². The normalized spacial score (nSPS) is 32.2. The van der Waals surface area contributed by atoms with Gasteiger partial charge in [-0.1, -0.05) is 19.1 Å². The highest BCUT2D eigenvalue weighted by atomic mass is 16.5. The third-order valence-corrected chi connectivity index (χ3v) is 7.85. The number of aliphatic hydroxyl groups excluding tert-OH is 1. The molecule has 0 bridgehead atoms. The van der Waals surface area contributed by atoms with Crippen molar-refractivity contribution in [1.82, 2.24) is 0 Å². The van der Waals surface area contributed by atoms with Gasteiger partial charge >= 0.3 is 11.9 Å². The van der Waals surface area contributed by atoms with Gasteiger partial charge in [0.1, 0.15) is 5.75 Å². The molecule has 3 aliphatic carbocycles. The van der Waals surface area contributed by atoms with Gasteiger partial charge in [0.15, 0.2) is 0 Å². The highest BCUT2D eigenvalue weighted by Crippen LogP contribution is 2.60. The number of fused-ring (bicyclic) bond motifs is 5. The maximum atomic E-state index is 12.1. The third-order valence-electron chi connectivity index (χ3n) is 7.85. The van der Waals surface area contributed by atoms with E-state index in [1.807, 2.05) is 12.1 Å². The number of esters is 2. The molecule has 5 nitrogen and oxygen atoms in total. The second-order valence-electron chi connectivity index (χ2n) is 9.35. The lowest BCUT2D eigenvalue weighted by atomic mass is 9.55. The maximum Gasteiger partial charge on any atom is 0.330 e. The highest BCUT2D eigenvalue weighted by molar-refractivity contribution is 5.81. The number of carbonyl (C=O) groups is 2. The first-order chi connectivity index (χ1) is 14.4. The number of ether oxygens (including phenoxy) is 2. The van der Waals surface area contributed by atoms with Gasteiger partial charge in [-0.3, -0.25) is 4.79 Å². The van der Waals surface area contributed by atoms with E-state index < -0.39 is 5.97 Å². The zero-order chi connectivity index (χ0) is 21.3. The molecule has 0 heterocycles. The summed E-state index contributed by atoms with van der Waals surface area (Å²) in [4.78, 5) is 23.2. The topological polar surface area (TPSA) is 72.8 Å². The first-order valence-electron chi connectivity index (χ1n) is 11.2. The summed E-state index contributed by atoms with van der Waals surface area (Å²) in [6.45, 7) is 2.30. The first kappa shape index (κ1) is 21.1. The van der Waals surface area contributed by atoms with Crippen LogP contribution in [0.5, 0.6) is 5.75 Å². The van der Waals surface area contributed by atoms with Crippen LogP contribution in [0.2, 0.25) is 0 Å². The van der Waals surface area contributed by atoms with Gasteiger partial charge in [0.25, 0.3) is 0 Å². The molecule has 3 aliphatic rings. The van der Waals surface area contributed by atoms with Crippen LogP contribution in [0, 0.1) is 17.3 Å². The molecule has 0 aromatic heterocycles. The van der Waals surface area contributed by atoms with Crippen molar-refractivity contribution in [3.63, 3.8) is 0 Å². The van der Waals surface area contributed by atoms with Gasteiger partial charge in [-0.2, -0.15) is 0 Å². The fraction of sp³-hybridized carbons (Fsp3) is 0.600. The summed E-state index contributed by atoms with van der Waals surface area (Å²) < 4.78 is 10.1. The number of rotatable bonds is 5. The molecular weight excluding hydrogens is 380 g/mol. The number of methoxy groups -OCH3 is 1. The molecule has 5 atom stereocenters. The van der Waals surface area contributed by atoms with Crippen molar-refractivity contribution in [3.8, 4) is 5.75 Å². The van der Waals surface area contributed by atoms with Crippen LogP contribution in [0.3, 0.4) is 0 Å². The number of allylic oxidation sites excluding steroid dienone is 1. The molecule has 0 amide bonds. The Hall–Kier alpha value is -2.14. The van der Waals surface area contributed by atoms with Crippen molar-refractivity contribution in [1.29, 1.82) is 0 Å². The van der Waals surface area contributed by atoms with E-state index >= 15 is 0 Å². The van der Waals surface area contributed by atoms with Crippen molar-refractivity contribution >= 4 is 11.9 Å². The van der Waals surface area contributed by atoms with E-state index in [0.717, 1.165) is 38.5 Å². The predicted octanol–water partition coefficient (Wildman–Crippen LogP) is 4.32. The standard InChI is InChI=1S/C25H32O5/c1-25-14-13-19-18-10-8-17(30-24(28)6-4-3-5-23(27)29-2)15-16(18)7-9-20(19)21(25)11-12-22(25)26/h3,5,8,10,15,19-22,26H,4,6-7,9,11-14H2,1-2H3/b5-3+/t19?,20-,21?,22?,25+/m1/s1. The van der Waals surface area contributed by atoms with Crippen LogP contribution >= 0.6 is 0 Å². The minimum absolute atomic E-state index is 0.0937. The predicted molar refractivity (Wildman–Crippen MR) is 113 cm³/mol. The Morgan fingerprint density at radius 1 is 1.23 bits per heavy atom. The molecule has 1 N–H and O–H groups in total. The number of hydrogen-bond donors (Lipinski definition) is 1. The summed E-state index contributed by atoms with van der Waals surface area (Å²) in [6.07, 6.45) is 9.93. The average molecular weight is 413 g/mol. The van der Waals surface area contributed by atoms with Gasteiger partial charge in [-0.15, -0.1) is 0 Å². The highest BCUT2D eigenvalue weighted by Gasteiger charge is 2.54. The van der Waals surface area contributed by atoms with E-state index in [2.05, 4.69) is 17.7 Å². The molecular formula is C25H32O5.